The largest absolute Gasteiger partial charge is 0.466 e. The van der Waals surface area contributed by atoms with Crippen LogP contribution in [-0.4, -0.2) is 40.9 Å². The van der Waals surface area contributed by atoms with E-state index in [0.717, 1.165) is 0 Å². The molecule has 2 rings (SSSR count). The van der Waals surface area contributed by atoms with Crippen LogP contribution in [0.5, 0.6) is 0 Å². The van der Waals surface area contributed by atoms with Crippen molar-refractivity contribution in [2.24, 2.45) is 5.73 Å². The molecular formula is C24H32N6O4. The fourth-order valence-electron chi connectivity index (χ4n) is 3.18. The third kappa shape index (κ3) is 8.89. The third-order valence-electron chi connectivity index (χ3n) is 4.98. The van der Waals surface area contributed by atoms with Crippen LogP contribution in [0.25, 0.3) is 0 Å². The van der Waals surface area contributed by atoms with Crippen molar-refractivity contribution < 1.29 is 19.1 Å². The molecule has 3 amide bonds. The molecule has 0 spiro atoms. The number of hydrogen-bond donors (Lipinski definition) is 5. The summed E-state index contributed by atoms with van der Waals surface area (Å²) in [6.07, 6.45) is 3.72. The number of nitrogens with one attached hydrogen (secondary N) is 4. The molecule has 0 radical (unpaired) electrons. The van der Waals surface area contributed by atoms with Crippen molar-refractivity contribution in [2.45, 2.75) is 51.6 Å². The predicted octanol–water partition coefficient (Wildman–Crippen LogP) is 2.86. The highest BCUT2D eigenvalue weighted by molar-refractivity contribution is 5.96. The zero-order valence-corrected chi connectivity index (χ0v) is 19.7. The summed E-state index contributed by atoms with van der Waals surface area (Å²) in [6.45, 7) is 5.61. The minimum atomic E-state index is -0.675. The van der Waals surface area contributed by atoms with Crippen LogP contribution < -0.4 is 21.7 Å². The first kappa shape index (κ1) is 26.3. The summed E-state index contributed by atoms with van der Waals surface area (Å²) in [4.78, 5) is 41.1. The Morgan fingerprint density at radius 1 is 1.18 bits per heavy atom. The Bertz CT molecular complexity index is 992. The summed E-state index contributed by atoms with van der Waals surface area (Å²) in [6, 6.07) is 9.13. The molecule has 10 nitrogen and oxygen atoms in total. The first-order chi connectivity index (χ1) is 16.1. The van der Waals surface area contributed by atoms with Crippen LogP contribution >= 0.6 is 0 Å². The van der Waals surface area contributed by atoms with Crippen molar-refractivity contribution in [2.75, 3.05) is 11.9 Å². The molecule has 1 atom stereocenters. The number of pyridine rings is 1. The van der Waals surface area contributed by atoms with Crippen LogP contribution in [-0.2, 0) is 14.3 Å². The van der Waals surface area contributed by atoms with Crippen molar-refractivity contribution in [3.05, 3.63) is 59.9 Å². The number of amidine groups is 1. The number of carbonyl (C=O) groups is 3. The molecule has 10 heteroatoms. The predicted molar refractivity (Wildman–Crippen MR) is 129 cm³/mol. The fraction of sp³-hybridized carbons (Fsp3) is 0.375. The molecular weight excluding hydrogens is 436 g/mol. The maximum absolute atomic E-state index is 12.6. The van der Waals surface area contributed by atoms with Crippen LogP contribution in [0.1, 0.15) is 57.2 Å². The zero-order chi connectivity index (χ0) is 25.1. The number of rotatable bonds is 11. The topological polar surface area (TPSA) is 159 Å². The summed E-state index contributed by atoms with van der Waals surface area (Å²) >= 11 is 0. The van der Waals surface area contributed by atoms with Gasteiger partial charge < -0.3 is 26.4 Å². The lowest BCUT2D eigenvalue weighted by Gasteiger charge is -2.27. The van der Waals surface area contributed by atoms with E-state index >= 15 is 0 Å². The van der Waals surface area contributed by atoms with Gasteiger partial charge in [-0.3, -0.25) is 20.0 Å². The number of aromatic nitrogens is 1. The summed E-state index contributed by atoms with van der Waals surface area (Å²) < 4.78 is 5.02. The number of ether oxygens (including phenoxy) is 1. The number of benzene rings is 1. The van der Waals surface area contributed by atoms with Gasteiger partial charge in [-0.1, -0.05) is 6.07 Å². The average molecular weight is 469 g/mol. The molecule has 0 saturated carbocycles. The van der Waals surface area contributed by atoms with E-state index in [4.69, 9.17) is 15.9 Å². The molecule has 0 aliphatic rings. The smallest absolute Gasteiger partial charge is 0.319 e. The Hall–Kier alpha value is -3.95. The van der Waals surface area contributed by atoms with Gasteiger partial charge in [-0.05, 0) is 63.1 Å². The molecule has 0 saturated heterocycles. The van der Waals surface area contributed by atoms with Gasteiger partial charge in [0, 0.05) is 35.6 Å². The molecule has 0 aliphatic carbocycles. The molecule has 0 bridgehead atoms. The highest BCUT2D eigenvalue weighted by Crippen LogP contribution is 2.18. The van der Waals surface area contributed by atoms with Crippen molar-refractivity contribution in [3.63, 3.8) is 0 Å². The van der Waals surface area contributed by atoms with Crippen molar-refractivity contribution >= 4 is 29.4 Å². The molecule has 0 fully saturated rings. The number of nitrogens with two attached hydrogens (primary N) is 1. The van der Waals surface area contributed by atoms with Crippen LogP contribution in [0.4, 0.5) is 10.5 Å². The van der Waals surface area contributed by atoms with E-state index in [-0.39, 0.29) is 31.2 Å². The quantitative estimate of drug-likeness (QED) is 0.194. The van der Waals surface area contributed by atoms with Gasteiger partial charge >= 0.3 is 12.0 Å². The van der Waals surface area contributed by atoms with Gasteiger partial charge in [-0.25, -0.2) is 4.79 Å². The maximum atomic E-state index is 12.6. The normalized spacial score (nSPS) is 11.7. The maximum Gasteiger partial charge on any atom is 0.319 e. The van der Waals surface area contributed by atoms with Crippen LogP contribution in [0.3, 0.4) is 0 Å². The molecule has 1 aromatic heterocycles. The molecule has 6 N–H and O–H groups in total. The molecule has 1 unspecified atom stereocenters. The van der Waals surface area contributed by atoms with Crippen LogP contribution in [0, 0.1) is 5.41 Å². The Balaban J connectivity index is 1.89. The molecule has 0 aliphatic heterocycles. The van der Waals surface area contributed by atoms with Crippen molar-refractivity contribution in [1.82, 2.24) is 15.6 Å². The van der Waals surface area contributed by atoms with Crippen LogP contribution in [0.15, 0.2) is 48.8 Å². The lowest BCUT2D eigenvalue weighted by Crippen LogP contribution is -2.46. The van der Waals surface area contributed by atoms with Gasteiger partial charge in [0.05, 0.1) is 19.1 Å². The number of amides is 3. The molecule has 1 aromatic carbocycles. The third-order valence-corrected chi connectivity index (χ3v) is 4.98. The van der Waals surface area contributed by atoms with E-state index < -0.39 is 23.6 Å². The van der Waals surface area contributed by atoms with Crippen molar-refractivity contribution in [3.8, 4) is 0 Å². The van der Waals surface area contributed by atoms with E-state index in [0.29, 0.717) is 23.2 Å². The van der Waals surface area contributed by atoms with Gasteiger partial charge in [-0.2, -0.15) is 0 Å². The number of anilines is 1. The number of nitrogen functional groups attached to an aromatic ring is 1. The Morgan fingerprint density at radius 3 is 2.47 bits per heavy atom. The Morgan fingerprint density at radius 2 is 1.88 bits per heavy atom. The second kappa shape index (κ2) is 12.3. The number of carbonyl (C=O) groups excluding carboxylic acids is 3. The second-order valence-corrected chi connectivity index (χ2v) is 8.37. The lowest BCUT2D eigenvalue weighted by atomic mass is 9.98. The van der Waals surface area contributed by atoms with Gasteiger partial charge in [0.2, 0.25) is 5.91 Å². The SMILES string of the molecule is CCOC(=O)CC(NC(=O)CCC(C)(C)NC(=O)Nc1ccc(C(=N)N)cc1)c1cccnc1. The molecule has 1 heterocycles. The second-order valence-electron chi connectivity index (χ2n) is 8.37. The monoisotopic (exact) mass is 468 g/mol. The van der Waals surface area contributed by atoms with Gasteiger partial charge in [0.1, 0.15) is 5.84 Å². The Labute approximate surface area is 199 Å². The first-order valence-electron chi connectivity index (χ1n) is 11.0. The first-order valence-corrected chi connectivity index (χ1v) is 11.0. The fourth-order valence-corrected chi connectivity index (χ4v) is 3.18. The minimum Gasteiger partial charge on any atom is -0.466 e. The van der Waals surface area contributed by atoms with E-state index in [2.05, 4.69) is 20.9 Å². The molecule has 34 heavy (non-hydrogen) atoms. The van der Waals surface area contributed by atoms with Gasteiger partial charge in [0.25, 0.3) is 0 Å². The highest BCUT2D eigenvalue weighted by atomic mass is 16.5. The van der Waals surface area contributed by atoms with Gasteiger partial charge in [-0.15, -0.1) is 0 Å². The number of nitrogens with zero attached hydrogens (tertiary/aromatic N) is 1. The lowest BCUT2D eigenvalue weighted by molar-refractivity contribution is -0.143. The van der Waals surface area contributed by atoms with E-state index in [9.17, 15) is 14.4 Å². The van der Waals surface area contributed by atoms with Crippen LogP contribution in [0.2, 0.25) is 0 Å². The number of esters is 1. The summed E-state index contributed by atoms with van der Waals surface area (Å²) in [5.41, 5.74) is 6.57. The summed E-state index contributed by atoms with van der Waals surface area (Å²) in [7, 11) is 0. The molecule has 182 valence electrons. The van der Waals surface area contributed by atoms with Crippen molar-refractivity contribution in [1.29, 1.82) is 5.41 Å². The number of urea groups is 1. The Kier molecular flexibility index (Phi) is 9.54. The van der Waals surface area contributed by atoms with Gasteiger partial charge in [0.15, 0.2) is 0 Å². The average Bonchev–Trinajstić information content (AvgIpc) is 2.78. The van der Waals surface area contributed by atoms with E-state index in [1.54, 1.807) is 55.7 Å². The zero-order valence-electron chi connectivity index (χ0n) is 19.7. The number of hydrogen-bond acceptors (Lipinski definition) is 6. The summed E-state index contributed by atoms with van der Waals surface area (Å²) in [5, 5.41) is 15.8. The highest BCUT2D eigenvalue weighted by Gasteiger charge is 2.24. The summed E-state index contributed by atoms with van der Waals surface area (Å²) in [5.74, 6) is -0.719. The minimum absolute atomic E-state index is 0.00224. The van der Waals surface area contributed by atoms with E-state index in [1.165, 1.54) is 0 Å². The standard InChI is InChI=1S/C24H32N6O4/c1-4-34-21(32)14-19(17-6-5-13-27-15-17)29-20(31)11-12-24(2,3)30-23(33)28-18-9-7-16(8-10-18)22(25)26/h5-10,13,15,19H,4,11-12,14H2,1-3H3,(H3,25,26)(H,29,31)(H2,28,30,33). The molecule has 2 aromatic rings. The van der Waals surface area contributed by atoms with E-state index in [1.807, 2.05) is 13.8 Å².